The minimum atomic E-state index is -4.54. The lowest BCUT2D eigenvalue weighted by Crippen LogP contribution is -2.39. The van der Waals surface area contributed by atoms with Gasteiger partial charge in [-0.2, -0.15) is 13.2 Å². The van der Waals surface area contributed by atoms with E-state index in [-0.39, 0.29) is 18.8 Å². The maximum Gasteiger partial charge on any atom is 0.393 e. The molecule has 1 aliphatic heterocycles. The molecule has 0 spiro atoms. The van der Waals surface area contributed by atoms with E-state index in [1.807, 2.05) is 6.07 Å². The van der Waals surface area contributed by atoms with Crippen molar-refractivity contribution in [3.63, 3.8) is 0 Å². The van der Waals surface area contributed by atoms with Gasteiger partial charge in [0.1, 0.15) is 6.33 Å². The Labute approximate surface area is 152 Å². The third kappa shape index (κ3) is 4.27. The summed E-state index contributed by atoms with van der Waals surface area (Å²) in [7, 11) is 0. The number of carbonyl (C=O) groups is 2. The first-order chi connectivity index (χ1) is 12.8. The zero-order valence-electron chi connectivity index (χ0n) is 14.1. The highest BCUT2D eigenvalue weighted by molar-refractivity contribution is 5.90. The van der Waals surface area contributed by atoms with Crippen molar-refractivity contribution in [3.8, 4) is 0 Å². The molecule has 1 aromatic heterocycles. The van der Waals surface area contributed by atoms with E-state index >= 15 is 0 Å². The van der Waals surface area contributed by atoms with Crippen molar-refractivity contribution in [2.24, 2.45) is 11.8 Å². The fraction of sp³-hybridized carbons (Fsp3) is 0.353. The summed E-state index contributed by atoms with van der Waals surface area (Å²) >= 11 is 0. The number of carbonyl (C=O) groups excluding carboxylic acids is 1. The van der Waals surface area contributed by atoms with Crippen molar-refractivity contribution in [2.45, 2.75) is 12.7 Å². The van der Waals surface area contributed by atoms with Gasteiger partial charge < -0.3 is 5.11 Å². The minimum absolute atomic E-state index is 0.0813. The van der Waals surface area contributed by atoms with Crippen molar-refractivity contribution in [3.05, 3.63) is 54.1 Å². The van der Waals surface area contributed by atoms with Crippen molar-refractivity contribution in [1.29, 1.82) is 0 Å². The Balaban J connectivity index is 1.75. The number of carboxylic acids is 1. The lowest BCUT2D eigenvalue weighted by molar-refractivity contribution is -0.182. The third-order valence-corrected chi connectivity index (χ3v) is 4.49. The monoisotopic (exact) mass is 382 g/mol. The largest absolute Gasteiger partial charge is 0.476 e. The molecule has 2 N–H and O–H groups in total. The molecule has 10 heteroatoms. The zero-order valence-corrected chi connectivity index (χ0v) is 14.1. The van der Waals surface area contributed by atoms with Gasteiger partial charge in [-0.1, -0.05) is 30.3 Å². The average Bonchev–Trinajstić information content (AvgIpc) is 3.22. The molecule has 2 heterocycles. The molecule has 3 rings (SSSR count). The number of alkyl halides is 3. The van der Waals surface area contributed by atoms with Crippen molar-refractivity contribution >= 4 is 11.9 Å². The highest BCUT2D eigenvalue weighted by Gasteiger charge is 2.52. The Morgan fingerprint density at radius 1 is 1.22 bits per heavy atom. The van der Waals surface area contributed by atoms with Gasteiger partial charge in [-0.05, 0) is 5.56 Å². The molecular weight excluding hydrogens is 365 g/mol. The molecule has 1 aliphatic rings. The molecule has 0 saturated carbocycles. The number of imidazole rings is 1. The number of rotatable bonds is 5. The fourth-order valence-corrected chi connectivity index (χ4v) is 3.20. The van der Waals surface area contributed by atoms with Crippen molar-refractivity contribution in [1.82, 2.24) is 14.6 Å². The van der Waals surface area contributed by atoms with Crippen LogP contribution in [0.5, 0.6) is 0 Å². The van der Waals surface area contributed by atoms with Crippen LogP contribution in [0.25, 0.3) is 0 Å². The molecule has 2 aromatic rings. The molecule has 1 saturated heterocycles. The normalized spacial score (nSPS) is 20.6. The Morgan fingerprint density at radius 3 is 2.56 bits per heavy atom. The van der Waals surface area contributed by atoms with Crippen LogP contribution in [0.4, 0.5) is 13.2 Å². The highest BCUT2D eigenvalue weighted by Crippen LogP contribution is 2.38. The van der Waals surface area contributed by atoms with Crippen LogP contribution in [-0.2, 0) is 11.3 Å². The van der Waals surface area contributed by atoms with Gasteiger partial charge in [0.15, 0.2) is 5.69 Å². The fourth-order valence-electron chi connectivity index (χ4n) is 3.20. The summed E-state index contributed by atoms with van der Waals surface area (Å²) in [6, 6.07) is 9.02. The number of hydrogen-bond donors (Lipinski definition) is 2. The molecule has 2 atom stereocenters. The number of aromatic nitrogens is 2. The van der Waals surface area contributed by atoms with Gasteiger partial charge in [-0.3, -0.25) is 15.1 Å². The number of hydrogen-bond acceptors (Lipinski definition) is 4. The second-order valence-electron chi connectivity index (χ2n) is 6.36. The van der Waals surface area contributed by atoms with Crippen molar-refractivity contribution < 1.29 is 27.9 Å². The van der Waals surface area contributed by atoms with E-state index in [1.54, 1.807) is 29.2 Å². The number of nitrogens with zero attached hydrogens (tertiary/aromatic N) is 3. The standard InChI is InChI=1S/C17H17F3N4O3/c18-17(19,20)13-9-23(7-11-4-2-1-3-5-11)8-12(13)15(25)22-24-10-21-6-14(24)16(26)27/h1-6,10,12-13H,7-9H2,(H,22,25)(H,26,27). The Kier molecular flexibility index (Phi) is 5.17. The molecule has 0 aliphatic carbocycles. The summed E-state index contributed by atoms with van der Waals surface area (Å²) in [6.45, 7) is -0.0865. The Morgan fingerprint density at radius 2 is 1.93 bits per heavy atom. The van der Waals surface area contributed by atoms with Gasteiger partial charge in [0.05, 0.1) is 18.0 Å². The number of amides is 1. The lowest BCUT2D eigenvalue weighted by atomic mass is 9.95. The van der Waals surface area contributed by atoms with Crippen LogP contribution in [0.15, 0.2) is 42.9 Å². The maximum absolute atomic E-state index is 13.4. The topological polar surface area (TPSA) is 87.5 Å². The number of carboxylic acid groups (broad SMARTS) is 1. The van der Waals surface area contributed by atoms with E-state index in [0.717, 1.165) is 22.8 Å². The SMILES string of the molecule is O=C(O)c1cncn1NC(=O)C1CN(Cc2ccccc2)CC1C(F)(F)F. The van der Waals surface area contributed by atoms with E-state index in [9.17, 15) is 22.8 Å². The average molecular weight is 382 g/mol. The number of benzene rings is 1. The summed E-state index contributed by atoms with van der Waals surface area (Å²) in [5, 5.41) is 9.02. The first kappa shape index (κ1) is 18.9. The van der Waals surface area contributed by atoms with Crippen LogP contribution in [0.2, 0.25) is 0 Å². The van der Waals surface area contributed by atoms with Gasteiger partial charge >= 0.3 is 12.1 Å². The predicted molar refractivity (Wildman–Crippen MR) is 88.3 cm³/mol. The van der Waals surface area contributed by atoms with E-state index in [4.69, 9.17) is 5.11 Å². The van der Waals surface area contributed by atoms with Crippen LogP contribution in [0, 0.1) is 11.8 Å². The van der Waals surface area contributed by atoms with E-state index in [0.29, 0.717) is 6.54 Å². The number of halogens is 3. The summed E-state index contributed by atoms with van der Waals surface area (Å²) < 4.78 is 41.2. The number of likely N-dealkylation sites (tertiary alicyclic amines) is 1. The van der Waals surface area contributed by atoms with Crippen LogP contribution < -0.4 is 5.43 Å². The molecule has 144 valence electrons. The third-order valence-electron chi connectivity index (χ3n) is 4.49. The summed E-state index contributed by atoms with van der Waals surface area (Å²) in [5.41, 5.74) is 2.72. The first-order valence-electron chi connectivity index (χ1n) is 8.15. The number of nitrogens with one attached hydrogen (secondary N) is 1. The Bertz CT molecular complexity index is 822. The van der Waals surface area contributed by atoms with Gasteiger partial charge in [-0.15, -0.1) is 0 Å². The van der Waals surface area contributed by atoms with Crippen LogP contribution in [-0.4, -0.2) is 50.8 Å². The lowest BCUT2D eigenvalue weighted by Gasteiger charge is -2.21. The van der Waals surface area contributed by atoms with Crippen LogP contribution >= 0.6 is 0 Å². The van der Waals surface area contributed by atoms with E-state index in [1.165, 1.54) is 0 Å². The van der Waals surface area contributed by atoms with Crippen LogP contribution in [0.3, 0.4) is 0 Å². The van der Waals surface area contributed by atoms with Gasteiger partial charge in [0, 0.05) is 19.6 Å². The second kappa shape index (κ2) is 7.39. The zero-order chi connectivity index (χ0) is 19.6. The van der Waals surface area contributed by atoms with Crippen molar-refractivity contribution in [2.75, 3.05) is 18.5 Å². The first-order valence-corrected chi connectivity index (χ1v) is 8.15. The number of aromatic carboxylic acids is 1. The van der Waals surface area contributed by atoms with E-state index < -0.39 is 29.9 Å². The molecule has 1 amide bonds. The van der Waals surface area contributed by atoms with Gasteiger partial charge in [0.2, 0.25) is 5.91 Å². The molecule has 27 heavy (non-hydrogen) atoms. The van der Waals surface area contributed by atoms with Gasteiger partial charge in [-0.25, -0.2) is 14.5 Å². The van der Waals surface area contributed by atoms with Crippen LogP contribution in [0.1, 0.15) is 16.1 Å². The maximum atomic E-state index is 13.4. The molecule has 0 radical (unpaired) electrons. The molecule has 1 fully saturated rings. The smallest absolute Gasteiger partial charge is 0.393 e. The summed E-state index contributed by atoms with van der Waals surface area (Å²) in [5.74, 6) is -5.43. The Hall–Kier alpha value is -2.88. The molecule has 2 unspecified atom stereocenters. The van der Waals surface area contributed by atoms with E-state index in [2.05, 4.69) is 10.4 Å². The minimum Gasteiger partial charge on any atom is -0.476 e. The molecular formula is C17H17F3N4O3. The summed E-state index contributed by atoms with van der Waals surface area (Å²) in [4.78, 5) is 28.7. The van der Waals surface area contributed by atoms with Gasteiger partial charge in [0.25, 0.3) is 0 Å². The molecule has 1 aromatic carbocycles. The second-order valence-corrected chi connectivity index (χ2v) is 6.36. The predicted octanol–water partition coefficient (Wildman–Crippen LogP) is 1.96. The molecule has 7 nitrogen and oxygen atoms in total. The quantitative estimate of drug-likeness (QED) is 0.826. The molecule has 0 bridgehead atoms. The highest BCUT2D eigenvalue weighted by atomic mass is 19.4. The summed E-state index contributed by atoms with van der Waals surface area (Å²) in [6.07, 6.45) is -2.52.